The van der Waals surface area contributed by atoms with Gasteiger partial charge >= 0.3 is 0 Å². The summed E-state index contributed by atoms with van der Waals surface area (Å²) in [5.41, 5.74) is 4.29. The molecule has 0 aliphatic carbocycles. The molecule has 0 fully saturated rings. The van der Waals surface area contributed by atoms with Crippen molar-refractivity contribution in [1.29, 1.82) is 0 Å². The third-order valence-corrected chi connectivity index (χ3v) is 1.85. The summed E-state index contributed by atoms with van der Waals surface area (Å²) in [6, 6.07) is 7.70. The van der Waals surface area contributed by atoms with E-state index >= 15 is 0 Å². The van der Waals surface area contributed by atoms with Crippen LogP contribution in [-0.4, -0.2) is 23.3 Å². The highest BCUT2D eigenvalue weighted by atomic mass is 16.3. The van der Waals surface area contributed by atoms with Crippen molar-refractivity contribution in [3.63, 3.8) is 0 Å². The Morgan fingerprint density at radius 3 is 2.60 bits per heavy atom. The molecule has 1 aromatic rings. The fourth-order valence-corrected chi connectivity index (χ4v) is 0.916. The van der Waals surface area contributed by atoms with E-state index < -0.39 is 12.0 Å². The quantitative estimate of drug-likeness (QED) is 0.568. The van der Waals surface area contributed by atoms with Crippen molar-refractivity contribution in [3.8, 4) is 0 Å². The summed E-state index contributed by atoms with van der Waals surface area (Å²) in [6.07, 6.45) is 0.486. The van der Waals surface area contributed by atoms with Gasteiger partial charge in [-0.1, -0.05) is 29.8 Å². The van der Waals surface area contributed by atoms with Crippen LogP contribution in [0.4, 0.5) is 0 Å². The van der Waals surface area contributed by atoms with Gasteiger partial charge in [-0.3, -0.25) is 4.79 Å². The van der Waals surface area contributed by atoms with Gasteiger partial charge in [0.25, 0.3) is 5.91 Å². The zero-order valence-corrected chi connectivity index (χ0v) is 8.77. The molecule has 0 spiro atoms. The van der Waals surface area contributed by atoms with Gasteiger partial charge in [0, 0.05) is 0 Å². The molecule has 4 nitrogen and oxygen atoms in total. The van der Waals surface area contributed by atoms with Crippen molar-refractivity contribution < 1.29 is 9.90 Å². The highest BCUT2D eigenvalue weighted by Gasteiger charge is 2.05. The van der Waals surface area contributed by atoms with E-state index in [1.54, 1.807) is 0 Å². The number of rotatable bonds is 3. The van der Waals surface area contributed by atoms with Crippen LogP contribution in [0.3, 0.4) is 0 Å². The second-order valence-electron chi connectivity index (χ2n) is 3.32. The number of aliphatic hydroxyl groups is 1. The minimum atomic E-state index is -1.04. The van der Waals surface area contributed by atoms with Gasteiger partial charge in [0.05, 0.1) is 6.21 Å². The summed E-state index contributed by atoms with van der Waals surface area (Å²) in [5, 5.41) is 12.6. The third kappa shape index (κ3) is 3.91. The molecule has 80 valence electrons. The Morgan fingerprint density at radius 1 is 1.47 bits per heavy atom. The topological polar surface area (TPSA) is 61.7 Å². The molecule has 4 heteroatoms. The summed E-state index contributed by atoms with van der Waals surface area (Å²) >= 11 is 0. The Bertz CT molecular complexity index is 355. The van der Waals surface area contributed by atoms with Gasteiger partial charge in [-0.15, -0.1) is 0 Å². The maximum Gasteiger partial charge on any atom is 0.268 e. The van der Waals surface area contributed by atoms with E-state index in [0.717, 1.165) is 5.56 Å². The molecule has 0 bridgehead atoms. The fraction of sp³-hybridized carbons (Fsp3) is 0.273. The number of aryl methyl sites for hydroxylation is 1. The molecule has 0 aliphatic heterocycles. The Hall–Kier alpha value is -1.68. The van der Waals surface area contributed by atoms with E-state index in [2.05, 4.69) is 10.5 Å². The predicted octanol–water partition coefficient (Wildman–Crippen LogP) is 0.826. The number of hydrazone groups is 1. The van der Waals surface area contributed by atoms with E-state index in [0.29, 0.717) is 0 Å². The van der Waals surface area contributed by atoms with Gasteiger partial charge in [-0.25, -0.2) is 5.43 Å². The lowest BCUT2D eigenvalue weighted by molar-refractivity contribution is -0.128. The molecule has 15 heavy (non-hydrogen) atoms. The SMILES string of the molecule is Cc1ccc(/C=N/NC(=O)C(C)O)cc1. The lowest BCUT2D eigenvalue weighted by atomic mass is 10.2. The van der Waals surface area contributed by atoms with Gasteiger partial charge in [0.15, 0.2) is 0 Å². The molecule has 2 N–H and O–H groups in total. The molecule has 1 rings (SSSR count). The minimum absolute atomic E-state index is 0.515. The third-order valence-electron chi connectivity index (χ3n) is 1.85. The van der Waals surface area contributed by atoms with Crippen LogP contribution in [0.1, 0.15) is 18.1 Å². The maximum absolute atomic E-state index is 10.9. The van der Waals surface area contributed by atoms with Crippen molar-refractivity contribution in [2.45, 2.75) is 20.0 Å². The molecule has 0 aromatic heterocycles. The monoisotopic (exact) mass is 206 g/mol. The van der Waals surface area contributed by atoms with E-state index in [9.17, 15) is 4.79 Å². The number of nitrogens with one attached hydrogen (secondary N) is 1. The predicted molar refractivity (Wildman–Crippen MR) is 58.6 cm³/mol. The second-order valence-corrected chi connectivity index (χ2v) is 3.32. The van der Waals surface area contributed by atoms with E-state index in [1.807, 2.05) is 31.2 Å². The molecule has 0 saturated heterocycles. The normalized spacial score (nSPS) is 12.7. The number of nitrogens with zero attached hydrogens (tertiary/aromatic N) is 1. The van der Waals surface area contributed by atoms with Crippen LogP contribution in [0.5, 0.6) is 0 Å². The van der Waals surface area contributed by atoms with E-state index in [4.69, 9.17) is 5.11 Å². The van der Waals surface area contributed by atoms with Crippen LogP contribution in [0, 0.1) is 6.92 Å². The Labute approximate surface area is 88.6 Å². The average molecular weight is 206 g/mol. The standard InChI is InChI=1S/C11H14N2O2/c1-8-3-5-10(6-4-8)7-12-13-11(15)9(2)14/h3-7,9,14H,1-2H3,(H,13,15)/b12-7+. The summed E-state index contributed by atoms with van der Waals surface area (Å²) in [4.78, 5) is 10.9. The Morgan fingerprint density at radius 2 is 2.07 bits per heavy atom. The Balaban J connectivity index is 2.51. The van der Waals surface area contributed by atoms with Crippen molar-refractivity contribution >= 4 is 12.1 Å². The van der Waals surface area contributed by atoms with Gasteiger partial charge in [0.1, 0.15) is 6.10 Å². The largest absolute Gasteiger partial charge is 0.383 e. The highest BCUT2D eigenvalue weighted by Crippen LogP contribution is 1.99. The Kier molecular flexibility index (Phi) is 4.00. The molecule has 0 heterocycles. The average Bonchev–Trinajstić information content (AvgIpc) is 2.20. The number of amides is 1. The van der Waals surface area contributed by atoms with Gasteiger partial charge < -0.3 is 5.11 Å². The second kappa shape index (κ2) is 5.26. The summed E-state index contributed by atoms with van der Waals surface area (Å²) in [6.45, 7) is 3.38. The summed E-state index contributed by atoms with van der Waals surface area (Å²) < 4.78 is 0. The molecule has 1 amide bonds. The van der Waals surface area contributed by atoms with E-state index in [1.165, 1.54) is 18.7 Å². The number of aliphatic hydroxyl groups excluding tert-OH is 1. The fourth-order valence-electron chi connectivity index (χ4n) is 0.916. The molecule has 1 atom stereocenters. The summed E-state index contributed by atoms with van der Waals surface area (Å²) in [5.74, 6) is -0.515. The number of carbonyl (C=O) groups is 1. The number of hydrogen-bond acceptors (Lipinski definition) is 3. The molecule has 0 aliphatic rings. The van der Waals surface area contributed by atoms with Gasteiger partial charge in [-0.05, 0) is 19.4 Å². The number of benzene rings is 1. The molecular formula is C11H14N2O2. The molecule has 0 radical (unpaired) electrons. The minimum Gasteiger partial charge on any atom is -0.383 e. The lowest BCUT2D eigenvalue weighted by Crippen LogP contribution is -2.28. The number of carbonyl (C=O) groups excluding carboxylic acids is 1. The first-order valence-corrected chi connectivity index (χ1v) is 4.67. The van der Waals surface area contributed by atoms with Crippen molar-refractivity contribution in [1.82, 2.24) is 5.43 Å². The zero-order valence-electron chi connectivity index (χ0n) is 8.77. The van der Waals surface area contributed by atoms with E-state index in [-0.39, 0.29) is 0 Å². The molecule has 1 unspecified atom stereocenters. The van der Waals surface area contributed by atoms with Gasteiger partial charge in [0.2, 0.25) is 0 Å². The lowest BCUT2D eigenvalue weighted by Gasteiger charge is -2.00. The van der Waals surface area contributed by atoms with Crippen molar-refractivity contribution in [3.05, 3.63) is 35.4 Å². The van der Waals surface area contributed by atoms with Crippen molar-refractivity contribution in [2.24, 2.45) is 5.10 Å². The van der Waals surface area contributed by atoms with Gasteiger partial charge in [-0.2, -0.15) is 5.10 Å². The molecular weight excluding hydrogens is 192 g/mol. The van der Waals surface area contributed by atoms with Crippen LogP contribution in [0.2, 0.25) is 0 Å². The van der Waals surface area contributed by atoms with Crippen LogP contribution >= 0.6 is 0 Å². The zero-order chi connectivity index (χ0) is 11.3. The van der Waals surface area contributed by atoms with Crippen LogP contribution in [-0.2, 0) is 4.79 Å². The summed E-state index contributed by atoms with van der Waals surface area (Å²) in [7, 11) is 0. The van der Waals surface area contributed by atoms with Crippen molar-refractivity contribution in [2.75, 3.05) is 0 Å². The first-order valence-electron chi connectivity index (χ1n) is 4.67. The number of hydrogen-bond donors (Lipinski definition) is 2. The van der Waals surface area contributed by atoms with Crippen LogP contribution < -0.4 is 5.43 Å². The van der Waals surface area contributed by atoms with Crippen LogP contribution in [0.25, 0.3) is 0 Å². The molecule has 1 aromatic carbocycles. The highest BCUT2D eigenvalue weighted by molar-refractivity contribution is 5.83. The maximum atomic E-state index is 10.9. The van der Waals surface area contributed by atoms with Crippen LogP contribution in [0.15, 0.2) is 29.4 Å². The smallest absolute Gasteiger partial charge is 0.268 e. The first-order chi connectivity index (χ1) is 7.09. The first kappa shape index (κ1) is 11.4. The molecule has 0 saturated carbocycles.